The van der Waals surface area contributed by atoms with E-state index in [0.717, 1.165) is 107 Å². The summed E-state index contributed by atoms with van der Waals surface area (Å²) in [6.45, 7) is 12.3. The second-order valence-electron chi connectivity index (χ2n) is 16.6. The first-order chi connectivity index (χ1) is 30.5. The molecule has 0 N–H and O–H groups in total. The number of carbonyl (C=O) groups is 1. The summed E-state index contributed by atoms with van der Waals surface area (Å²) >= 11 is 3.50. The van der Waals surface area contributed by atoms with Gasteiger partial charge in [-0.15, -0.1) is 22.7 Å². The maximum atomic E-state index is 15.6. The van der Waals surface area contributed by atoms with E-state index in [1.54, 1.807) is 22.7 Å². The van der Waals surface area contributed by atoms with Crippen LogP contribution in [-0.2, 0) is 17.9 Å². The molecule has 0 saturated carbocycles. The Morgan fingerprint density at radius 2 is 1.00 bits per heavy atom. The Morgan fingerprint density at radius 3 is 1.42 bits per heavy atom. The number of carbonyl (C=O) groups excluding carboxylic acids is 1. The van der Waals surface area contributed by atoms with Gasteiger partial charge in [0.1, 0.15) is 0 Å². The third-order valence-corrected chi connectivity index (χ3v) is 14.9. The highest BCUT2D eigenvalue weighted by Gasteiger charge is 2.39. The van der Waals surface area contributed by atoms with Gasteiger partial charge >= 0.3 is 0 Å². The number of likely N-dealkylation sites (tertiary alicyclic amines) is 2. The maximum absolute atomic E-state index is 15.6. The van der Waals surface area contributed by atoms with Crippen LogP contribution in [0.3, 0.4) is 0 Å². The van der Waals surface area contributed by atoms with Crippen molar-refractivity contribution >= 4 is 62.4 Å². The fraction of sp³-hybridized carbons (Fsp3) is 0.275. The van der Waals surface area contributed by atoms with Crippen LogP contribution in [0, 0.1) is 0 Å². The lowest BCUT2D eigenvalue weighted by molar-refractivity contribution is -0.132. The van der Waals surface area contributed by atoms with Gasteiger partial charge in [-0.05, 0) is 75.1 Å². The summed E-state index contributed by atoms with van der Waals surface area (Å²) in [4.78, 5) is 30.8. The Bertz CT molecular complexity index is 2590. The van der Waals surface area contributed by atoms with Gasteiger partial charge in [0.25, 0.3) is 0 Å². The highest BCUT2D eigenvalue weighted by molar-refractivity contribution is 7.10. The Morgan fingerprint density at radius 1 is 0.597 bits per heavy atom. The van der Waals surface area contributed by atoms with Crippen molar-refractivity contribution in [2.45, 2.75) is 62.7 Å². The van der Waals surface area contributed by atoms with Crippen molar-refractivity contribution in [1.82, 2.24) is 39.3 Å². The molecule has 9 nitrogen and oxygen atoms in total. The fourth-order valence-electron chi connectivity index (χ4n) is 9.50. The molecule has 10 rings (SSSR count). The minimum atomic E-state index is -0.365. The first kappa shape index (κ1) is 40.2. The van der Waals surface area contributed by atoms with E-state index in [0.29, 0.717) is 24.9 Å². The summed E-state index contributed by atoms with van der Waals surface area (Å²) in [6, 6.07) is 32.3. The van der Waals surface area contributed by atoms with Crippen LogP contribution < -0.4 is 0 Å². The Kier molecular flexibility index (Phi) is 11.6. The summed E-state index contributed by atoms with van der Waals surface area (Å²) < 4.78 is 4.00. The van der Waals surface area contributed by atoms with Gasteiger partial charge in [0.05, 0.1) is 57.6 Å². The summed E-state index contributed by atoms with van der Waals surface area (Å²) in [6.07, 6.45) is 11.7. The van der Waals surface area contributed by atoms with E-state index in [-0.39, 0.29) is 17.9 Å². The molecule has 62 heavy (non-hydrogen) atoms. The van der Waals surface area contributed by atoms with Gasteiger partial charge in [-0.2, -0.15) is 10.2 Å². The molecule has 4 aromatic carbocycles. The number of hydrogen-bond donors (Lipinski definition) is 0. The lowest BCUT2D eigenvalue weighted by Crippen LogP contribution is -2.56. The Hall–Kier alpha value is -5.85. The van der Waals surface area contributed by atoms with E-state index >= 15 is 4.79 Å². The standard InChI is InChI=1S/C51H50N8OS2/c1-3-35-13-5-9-17-41(35)45-33-61-50(52-45)37-21-25-56(26-22-37)47(31-58-29-39-15-7-11-19-43(39)54-58)49(60)48(32-59-30-40-16-8-12-20-44(40)55-59)57-27-23-38(24-28-57)51-53-46(34-62-51)42-18-10-6-14-36(42)4-2/h3-20,29-30,33-34,37-38,47-48H,1-2,21-28,31-32H2. The van der Waals surface area contributed by atoms with Gasteiger partial charge in [0.15, 0.2) is 5.78 Å². The number of nitrogens with zero attached hydrogens (tertiary/aromatic N) is 8. The third kappa shape index (κ3) is 8.25. The first-order valence-electron chi connectivity index (χ1n) is 21.7. The summed E-state index contributed by atoms with van der Waals surface area (Å²) in [5.41, 5.74) is 8.32. The predicted molar refractivity (Wildman–Crippen MR) is 254 cm³/mol. The second kappa shape index (κ2) is 17.9. The smallest absolute Gasteiger partial charge is 0.170 e. The van der Waals surface area contributed by atoms with Crippen molar-refractivity contribution in [3.8, 4) is 22.5 Å². The Balaban J connectivity index is 0.918. The van der Waals surface area contributed by atoms with Gasteiger partial charge in [-0.1, -0.05) is 110 Å². The van der Waals surface area contributed by atoms with Crippen LogP contribution in [0.25, 0.3) is 56.5 Å². The molecule has 0 bridgehead atoms. The van der Waals surface area contributed by atoms with Gasteiger partial charge in [0.2, 0.25) is 0 Å². The maximum Gasteiger partial charge on any atom is 0.170 e. The molecular formula is C51H50N8OS2. The van der Waals surface area contributed by atoms with Crippen molar-refractivity contribution in [2.75, 3.05) is 26.2 Å². The SMILES string of the molecule is C=Cc1ccccc1-c1csc(C2CCN(C(Cn3cc4ccccc4n3)C(=O)C(Cn3cc4ccccc4n3)N3CCC(c4nc(-c5ccccc5C=C)cs4)CC3)CC2)n1. The topological polar surface area (TPSA) is 85.0 Å². The van der Waals surface area contributed by atoms with Gasteiger partial charge in [-0.3, -0.25) is 24.0 Å². The molecule has 11 heteroatoms. The predicted octanol–water partition coefficient (Wildman–Crippen LogP) is 10.7. The van der Waals surface area contributed by atoms with Gasteiger partial charge < -0.3 is 0 Å². The average molecular weight is 855 g/mol. The molecule has 2 saturated heterocycles. The molecule has 2 atom stereocenters. The van der Waals surface area contributed by atoms with E-state index in [1.807, 2.05) is 70.0 Å². The third-order valence-electron chi connectivity index (χ3n) is 12.9. The largest absolute Gasteiger partial charge is 0.296 e. The molecular weight excluding hydrogens is 805 g/mol. The number of Topliss-reactive ketones (excluding diaryl/α,β-unsaturated/α-hetero) is 1. The van der Waals surface area contributed by atoms with Crippen LogP contribution in [0.1, 0.15) is 58.7 Å². The highest BCUT2D eigenvalue weighted by atomic mass is 32.1. The van der Waals surface area contributed by atoms with Crippen LogP contribution >= 0.6 is 22.7 Å². The van der Waals surface area contributed by atoms with Crippen molar-refractivity contribution in [3.05, 3.63) is 155 Å². The quantitative estimate of drug-likeness (QED) is 0.108. The number of benzene rings is 4. The summed E-state index contributed by atoms with van der Waals surface area (Å²) in [7, 11) is 0. The summed E-state index contributed by atoms with van der Waals surface area (Å²) in [5, 5.41) is 18.8. The zero-order valence-electron chi connectivity index (χ0n) is 34.8. The molecule has 0 radical (unpaired) electrons. The van der Waals surface area contributed by atoms with Crippen LogP contribution in [0.2, 0.25) is 0 Å². The van der Waals surface area contributed by atoms with E-state index < -0.39 is 0 Å². The van der Waals surface area contributed by atoms with Gasteiger partial charge in [0, 0.05) is 56.9 Å². The lowest BCUT2D eigenvalue weighted by atomic mass is 9.91. The van der Waals surface area contributed by atoms with Crippen molar-refractivity contribution < 1.29 is 4.79 Å². The van der Waals surface area contributed by atoms with Crippen LogP contribution in [-0.4, -0.2) is 83.4 Å². The molecule has 312 valence electrons. The van der Waals surface area contributed by atoms with Crippen molar-refractivity contribution in [3.63, 3.8) is 0 Å². The number of fused-ring (bicyclic) bond motifs is 2. The lowest BCUT2D eigenvalue weighted by Gasteiger charge is -2.41. The van der Waals surface area contributed by atoms with Crippen molar-refractivity contribution in [2.24, 2.45) is 0 Å². The van der Waals surface area contributed by atoms with E-state index in [2.05, 4.69) is 94.6 Å². The molecule has 0 aliphatic carbocycles. The zero-order chi connectivity index (χ0) is 42.0. The number of ketones is 1. The molecule has 2 fully saturated rings. The second-order valence-corrected chi connectivity index (χ2v) is 18.4. The van der Waals surface area contributed by atoms with Crippen LogP contribution in [0.15, 0.2) is 133 Å². The number of rotatable bonds is 14. The van der Waals surface area contributed by atoms with E-state index in [4.69, 9.17) is 20.2 Å². The monoisotopic (exact) mass is 854 g/mol. The molecule has 2 aliphatic heterocycles. The fourth-order valence-corrected chi connectivity index (χ4v) is 11.5. The minimum absolute atomic E-state index is 0.233. The van der Waals surface area contributed by atoms with Gasteiger partial charge in [-0.25, -0.2) is 9.97 Å². The number of piperidine rings is 2. The number of hydrogen-bond acceptors (Lipinski definition) is 9. The van der Waals surface area contributed by atoms with Crippen LogP contribution in [0.5, 0.6) is 0 Å². The number of aromatic nitrogens is 6. The highest BCUT2D eigenvalue weighted by Crippen LogP contribution is 2.37. The minimum Gasteiger partial charge on any atom is -0.296 e. The normalized spacial score (nSPS) is 16.8. The Labute approximate surface area is 370 Å². The molecule has 4 aromatic heterocycles. The van der Waals surface area contributed by atoms with Crippen molar-refractivity contribution in [1.29, 1.82) is 0 Å². The molecule has 2 aliphatic rings. The number of thiazole rings is 2. The molecule has 0 amide bonds. The van der Waals surface area contributed by atoms with E-state index in [9.17, 15) is 0 Å². The molecule has 6 heterocycles. The van der Waals surface area contributed by atoms with Crippen LogP contribution in [0.4, 0.5) is 0 Å². The summed E-state index contributed by atoms with van der Waals surface area (Å²) in [5.74, 6) is 0.912. The molecule has 0 spiro atoms. The molecule has 8 aromatic rings. The zero-order valence-corrected chi connectivity index (χ0v) is 36.4. The van der Waals surface area contributed by atoms with E-state index in [1.165, 1.54) is 10.0 Å². The average Bonchev–Trinajstić information content (AvgIpc) is 4.16. The molecule has 2 unspecified atom stereocenters. The first-order valence-corrected chi connectivity index (χ1v) is 23.5.